The quantitative estimate of drug-likeness (QED) is 0.383. The Hall–Kier alpha value is -3.62. The van der Waals surface area contributed by atoms with Gasteiger partial charge in [-0.15, -0.1) is 0 Å². The van der Waals surface area contributed by atoms with Gasteiger partial charge in [0.25, 0.3) is 5.91 Å². The van der Waals surface area contributed by atoms with Crippen LogP contribution in [-0.4, -0.2) is 56.0 Å². The van der Waals surface area contributed by atoms with Crippen molar-refractivity contribution >= 4 is 5.91 Å². The van der Waals surface area contributed by atoms with Crippen molar-refractivity contribution in [2.45, 2.75) is 38.0 Å². The van der Waals surface area contributed by atoms with E-state index in [0.29, 0.717) is 31.8 Å². The standard InChI is InChI=1S/C30H33FN2O5/c31-25-10-4-5-11-26(25)38-29(30(34)32-15-14-22-7-2-1-3-8-22)20-33(19-24-9-6-16-35-24)18-23-12-13-27-28(17-23)37-21-36-27/h1-5,7-8,10-13,17,24,29H,6,9,14-16,18-21H2,(H,32,34). The number of hydrogen-bond donors (Lipinski definition) is 1. The molecule has 1 amide bonds. The van der Waals surface area contributed by atoms with Gasteiger partial charge in [-0.3, -0.25) is 9.69 Å². The second kappa shape index (κ2) is 12.8. The molecule has 200 valence electrons. The zero-order valence-electron chi connectivity index (χ0n) is 21.3. The van der Waals surface area contributed by atoms with Crippen LogP contribution < -0.4 is 19.5 Å². The fourth-order valence-electron chi connectivity index (χ4n) is 4.77. The van der Waals surface area contributed by atoms with E-state index in [2.05, 4.69) is 10.2 Å². The molecule has 3 aromatic carbocycles. The minimum Gasteiger partial charge on any atom is -0.476 e. The van der Waals surface area contributed by atoms with E-state index in [1.165, 1.54) is 6.07 Å². The molecule has 0 spiro atoms. The smallest absolute Gasteiger partial charge is 0.262 e. The summed E-state index contributed by atoms with van der Waals surface area (Å²) >= 11 is 0. The van der Waals surface area contributed by atoms with Gasteiger partial charge in [0.15, 0.2) is 29.2 Å². The molecule has 38 heavy (non-hydrogen) atoms. The maximum Gasteiger partial charge on any atom is 0.262 e. The molecule has 2 atom stereocenters. The third kappa shape index (κ3) is 7.02. The van der Waals surface area contributed by atoms with E-state index in [0.717, 1.165) is 36.3 Å². The highest BCUT2D eigenvalue weighted by atomic mass is 19.1. The van der Waals surface area contributed by atoms with Crippen LogP contribution in [0.25, 0.3) is 0 Å². The Bertz CT molecular complexity index is 1200. The summed E-state index contributed by atoms with van der Waals surface area (Å²) in [5.41, 5.74) is 2.14. The molecule has 7 nitrogen and oxygen atoms in total. The minimum atomic E-state index is -0.918. The normalized spacial score (nSPS) is 16.9. The molecule has 0 bridgehead atoms. The average molecular weight is 521 g/mol. The van der Waals surface area contributed by atoms with E-state index in [1.54, 1.807) is 18.2 Å². The lowest BCUT2D eigenvalue weighted by Gasteiger charge is -2.29. The topological polar surface area (TPSA) is 69.3 Å². The van der Waals surface area contributed by atoms with Crippen molar-refractivity contribution in [1.29, 1.82) is 0 Å². The number of amides is 1. The maximum absolute atomic E-state index is 14.5. The number of benzene rings is 3. The molecule has 2 aliphatic rings. The molecule has 2 aliphatic heterocycles. The summed E-state index contributed by atoms with van der Waals surface area (Å²) in [4.78, 5) is 15.5. The van der Waals surface area contributed by atoms with Crippen molar-refractivity contribution in [3.63, 3.8) is 0 Å². The van der Waals surface area contributed by atoms with Crippen LogP contribution in [-0.2, 0) is 22.5 Å². The first kappa shape index (κ1) is 26.0. The summed E-state index contributed by atoms with van der Waals surface area (Å²) in [5, 5.41) is 2.99. The molecule has 1 N–H and O–H groups in total. The van der Waals surface area contributed by atoms with Gasteiger partial charge in [0.2, 0.25) is 6.79 Å². The van der Waals surface area contributed by atoms with Crippen LogP contribution in [0.2, 0.25) is 0 Å². The Morgan fingerprint density at radius 2 is 1.84 bits per heavy atom. The summed E-state index contributed by atoms with van der Waals surface area (Å²) in [6.45, 7) is 2.83. The number of hydrogen-bond acceptors (Lipinski definition) is 6. The molecule has 3 aromatic rings. The Morgan fingerprint density at radius 1 is 1.03 bits per heavy atom. The number of nitrogens with zero attached hydrogens (tertiary/aromatic N) is 1. The van der Waals surface area contributed by atoms with Crippen molar-refractivity contribution in [3.8, 4) is 17.2 Å². The number of fused-ring (bicyclic) bond motifs is 1. The molecular formula is C30H33FN2O5. The first-order valence-corrected chi connectivity index (χ1v) is 13.1. The number of carbonyl (C=O) groups excluding carboxylic acids is 1. The highest BCUT2D eigenvalue weighted by Gasteiger charge is 2.28. The number of para-hydroxylation sites is 1. The third-order valence-electron chi connectivity index (χ3n) is 6.71. The summed E-state index contributed by atoms with van der Waals surface area (Å²) in [6, 6.07) is 22.0. The number of rotatable bonds is 12. The summed E-state index contributed by atoms with van der Waals surface area (Å²) in [6.07, 6.45) is 1.81. The van der Waals surface area contributed by atoms with E-state index in [9.17, 15) is 9.18 Å². The lowest BCUT2D eigenvalue weighted by molar-refractivity contribution is -0.129. The van der Waals surface area contributed by atoms with Gasteiger partial charge in [0, 0.05) is 32.8 Å². The molecule has 0 saturated carbocycles. The lowest BCUT2D eigenvalue weighted by atomic mass is 10.1. The molecule has 5 rings (SSSR count). The number of halogens is 1. The second-order valence-electron chi connectivity index (χ2n) is 9.58. The van der Waals surface area contributed by atoms with E-state index < -0.39 is 11.9 Å². The number of nitrogens with one attached hydrogen (secondary N) is 1. The molecule has 8 heteroatoms. The van der Waals surface area contributed by atoms with Crippen molar-refractivity contribution < 1.29 is 28.1 Å². The van der Waals surface area contributed by atoms with Crippen LogP contribution in [0.3, 0.4) is 0 Å². The van der Waals surface area contributed by atoms with Gasteiger partial charge in [-0.05, 0) is 54.7 Å². The molecule has 2 unspecified atom stereocenters. The van der Waals surface area contributed by atoms with Crippen LogP contribution in [0.15, 0.2) is 72.8 Å². The highest BCUT2D eigenvalue weighted by molar-refractivity contribution is 5.81. The molecular weight excluding hydrogens is 487 g/mol. The SMILES string of the molecule is O=C(NCCc1ccccc1)C(CN(Cc1ccc2c(c1)OCO2)CC1CCCO1)Oc1ccccc1F. The first-order chi connectivity index (χ1) is 18.6. The Balaban J connectivity index is 1.31. The second-order valence-corrected chi connectivity index (χ2v) is 9.58. The van der Waals surface area contributed by atoms with E-state index in [-0.39, 0.29) is 31.1 Å². The number of carbonyl (C=O) groups is 1. The molecule has 0 aromatic heterocycles. The summed E-state index contributed by atoms with van der Waals surface area (Å²) in [7, 11) is 0. The van der Waals surface area contributed by atoms with Crippen molar-refractivity contribution in [2.75, 3.05) is 33.0 Å². The summed E-state index contributed by atoms with van der Waals surface area (Å²) in [5.74, 6) is 0.689. The maximum atomic E-state index is 14.5. The van der Waals surface area contributed by atoms with Gasteiger partial charge in [0.1, 0.15) is 0 Å². The predicted molar refractivity (Wildman–Crippen MR) is 141 cm³/mol. The van der Waals surface area contributed by atoms with Crippen molar-refractivity contribution in [3.05, 3.63) is 89.7 Å². The van der Waals surface area contributed by atoms with Crippen molar-refractivity contribution in [1.82, 2.24) is 10.2 Å². The minimum absolute atomic E-state index is 0.0517. The largest absolute Gasteiger partial charge is 0.476 e. The molecule has 0 aliphatic carbocycles. The van der Waals surface area contributed by atoms with Gasteiger partial charge in [-0.1, -0.05) is 48.5 Å². The van der Waals surface area contributed by atoms with Crippen LogP contribution in [0.5, 0.6) is 17.2 Å². The van der Waals surface area contributed by atoms with E-state index >= 15 is 0 Å². The van der Waals surface area contributed by atoms with Crippen LogP contribution in [0, 0.1) is 5.82 Å². The Morgan fingerprint density at radius 3 is 2.66 bits per heavy atom. The van der Waals surface area contributed by atoms with Gasteiger partial charge >= 0.3 is 0 Å². The van der Waals surface area contributed by atoms with Crippen LogP contribution in [0.4, 0.5) is 4.39 Å². The Kier molecular flexibility index (Phi) is 8.73. The van der Waals surface area contributed by atoms with Crippen LogP contribution >= 0.6 is 0 Å². The lowest BCUT2D eigenvalue weighted by Crippen LogP contribution is -2.48. The van der Waals surface area contributed by atoms with Gasteiger partial charge in [0.05, 0.1) is 6.10 Å². The average Bonchev–Trinajstić information content (AvgIpc) is 3.62. The molecule has 0 radical (unpaired) electrons. The first-order valence-electron chi connectivity index (χ1n) is 13.1. The monoisotopic (exact) mass is 520 g/mol. The third-order valence-corrected chi connectivity index (χ3v) is 6.71. The predicted octanol–water partition coefficient (Wildman–Crippen LogP) is 4.34. The van der Waals surface area contributed by atoms with Gasteiger partial charge in [-0.25, -0.2) is 4.39 Å². The van der Waals surface area contributed by atoms with Gasteiger partial charge < -0.3 is 24.3 Å². The van der Waals surface area contributed by atoms with E-state index in [4.69, 9.17) is 18.9 Å². The van der Waals surface area contributed by atoms with Gasteiger partial charge in [-0.2, -0.15) is 0 Å². The fourth-order valence-corrected chi connectivity index (χ4v) is 4.77. The molecule has 1 fully saturated rings. The molecule has 2 heterocycles. The zero-order valence-corrected chi connectivity index (χ0v) is 21.3. The summed E-state index contributed by atoms with van der Waals surface area (Å²) < 4.78 is 37.4. The van der Waals surface area contributed by atoms with E-state index in [1.807, 2.05) is 48.5 Å². The fraction of sp³-hybridized carbons (Fsp3) is 0.367. The van der Waals surface area contributed by atoms with Crippen molar-refractivity contribution in [2.24, 2.45) is 0 Å². The Labute approximate surface area is 222 Å². The molecule has 1 saturated heterocycles. The highest BCUT2D eigenvalue weighted by Crippen LogP contribution is 2.33. The van der Waals surface area contributed by atoms with Crippen LogP contribution in [0.1, 0.15) is 24.0 Å². The zero-order chi connectivity index (χ0) is 26.2. The number of ether oxygens (including phenoxy) is 4.